The standard InChI is InChI=1S/C23H24Cl2N2O6S4/c1-14(36(28,29)30)7-9-26-18-11-16(24)3-5-20(18)34-22(26)13-23-27(10-8-15(2)37(31,32)33)19-12-17(25)4-6-21(19)35-23/h3-6,11-15H,7-10H2,1-2H3,(H-,28,29,30,31,32,33)/p-1. The van der Waals surface area contributed by atoms with Crippen molar-refractivity contribution in [2.24, 2.45) is 0 Å². The van der Waals surface area contributed by atoms with Gasteiger partial charge in [0, 0.05) is 39.2 Å². The van der Waals surface area contributed by atoms with Crippen molar-refractivity contribution in [1.82, 2.24) is 0 Å². The zero-order valence-corrected chi connectivity index (χ0v) is 24.5. The number of halogens is 2. The van der Waals surface area contributed by atoms with E-state index >= 15 is 0 Å². The van der Waals surface area contributed by atoms with E-state index in [0.717, 1.165) is 30.8 Å². The van der Waals surface area contributed by atoms with E-state index in [2.05, 4.69) is 0 Å². The molecule has 1 aromatic heterocycles. The van der Waals surface area contributed by atoms with E-state index in [1.165, 1.54) is 36.9 Å². The normalized spacial score (nSPS) is 16.9. The van der Waals surface area contributed by atoms with Crippen molar-refractivity contribution < 1.29 is 30.5 Å². The summed E-state index contributed by atoms with van der Waals surface area (Å²) in [5.41, 5.74) is 1.61. The highest BCUT2D eigenvalue weighted by Crippen LogP contribution is 2.48. The predicted molar refractivity (Wildman–Crippen MR) is 147 cm³/mol. The Morgan fingerprint density at radius 3 is 2.27 bits per heavy atom. The molecule has 0 aliphatic carbocycles. The number of aryl methyl sites for hydroxylation is 1. The molecule has 2 unspecified atom stereocenters. The van der Waals surface area contributed by atoms with Crippen LogP contribution < -0.4 is 9.47 Å². The third-order valence-corrected chi connectivity index (χ3v) is 11.3. The molecule has 1 aliphatic heterocycles. The average molecular weight is 623 g/mol. The van der Waals surface area contributed by atoms with Crippen LogP contribution in [0.4, 0.5) is 5.69 Å². The Morgan fingerprint density at radius 2 is 1.59 bits per heavy atom. The zero-order chi connectivity index (χ0) is 27.1. The van der Waals surface area contributed by atoms with Gasteiger partial charge in [-0.1, -0.05) is 46.3 Å². The van der Waals surface area contributed by atoms with Crippen molar-refractivity contribution in [1.29, 1.82) is 0 Å². The summed E-state index contributed by atoms with van der Waals surface area (Å²) in [6, 6.07) is 10.9. The van der Waals surface area contributed by atoms with Crippen LogP contribution in [0.1, 0.15) is 31.7 Å². The molecule has 3 aromatic rings. The first kappa shape index (κ1) is 28.6. The molecule has 2 atom stereocenters. The maximum atomic E-state index is 11.5. The van der Waals surface area contributed by atoms with Gasteiger partial charge in [-0.3, -0.25) is 0 Å². The molecule has 4 rings (SSSR count). The van der Waals surface area contributed by atoms with Gasteiger partial charge in [0.15, 0.2) is 6.54 Å². The second-order valence-corrected chi connectivity index (χ2v) is 15.3. The van der Waals surface area contributed by atoms with E-state index in [4.69, 9.17) is 23.2 Å². The highest BCUT2D eigenvalue weighted by atomic mass is 35.5. The number of hydrogen-bond donors (Lipinski definition) is 0. The molecule has 0 bridgehead atoms. The van der Waals surface area contributed by atoms with Gasteiger partial charge in [0.1, 0.15) is 4.70 Å². The lowest BCUT2D eigenvalue weighted by molar-refractivity contribution is -0.669. The van der Waals surface area contributed by atoms with Crippen molar-refractivity contribution in [3.63, 3.8) is 0 Å². The fourth-order valence-corrected chi connectivity index (χ4v) is 7.25. The minimum Gasteiger partial charge on any atom is -0.748 e. The number of hydrogen-bond acceptors (Lipinski definition) is 9. The van der Waals surface area contributed by atoms with Gasteiger partial charge in [-0.2, -0.15) is 4.57 Å². The third kappa shape index (κ3) is 6.62. The van der Waals surface area contributed by atoms with E-state index < -0.39 is 30.7 Å². The summed E-state index contributed by atoms with van der Waals surface area (Å²) >= 11 is 15.4. The second-order valence-electron chi connectivity index (χ2n) is 8.74. The molecule has 200 valence electrons. The van der Waals surface area contributed by atoms with Crippen LogP contribution in [-0.2, 0) is 26.8 Å². The van der Waals surface area contributed by atoms with Crippen LogP contribution in [0.2, 0.25) is 10.0 Å². The van der Waals surface area contributed by atoms with Crippen LogP contribution >= 0.6 is 46.3 Å². The van der Waals surface area contributed by atoms with E-state index in [0.29, 0.717) is 10.0 Å². The maximum absolute atomic E-state index is 11.5. The van der Waals surface area contributed by atoms with Gasteiger partial charge in [0.25, 0.3) is 5.01 Å². The van der Waals surface area contributed by atoms with Gasteiger partial charge in [0.2, 0.25) is 5.52 Å². The average Bonchev–Trinajstić information content (AvgIpc) is 3.31. The highest BCUT2D eigenvalue weighted by Gasteiger charge is 2.29. The van der Waals surface area contributed by atoms with Gasteiger partial charge >= 0.3 is 0 Å². The molecule has 0 saturated carbocycles. The largest absolute Gasteiger partial charge is 0.748 e. The van der Waals surface area contributed by atoms with Crippen LogP contribution in [0, 0.1) is 0 Å². The number of aromatic nitrogens is 1. The number of thioether (sulfide) groups is 1. The van der Waals surface area contributed by atoms with Gasteiger partial charge in [-0.05, 0) is 50.6 Å². The molecule has 0 spiro atoms. The van der Waals surface area contributed by atoms with E-state index in [-0.39, 0.29) is 25.9 Å². The lowest BCUT2D eigenvalue weighted by Gasteiger charge is -2.23. The number of thiazole rings is 1. The predicted octanol–water partition coefficient (Wildman–Crippen LogP) is 5.05. The van der Waals surface area contributed by atoms with Crippen molar-refractivity contribution in [3.05, 3.63) is 56.5 Å². The molecule has 8 nitrogen and oxygen atoms in total. The van der Waals surface area contributed by atoms with Crippen molar-refractivity contribution >= 4 is 88.5 Å². The Balaban J connectivity index is 1.76. The first-order valence-corrected chi connectivity index (χ1v) is 16.5. The van der Waals surface area contributed by atoms with Crippen LogP contribution in [0.25, 0.3) is 16.3 Å². The van der Waals surface area contributed by atoms with Crippen LogP contribution in [-0.4, -0.2) is 43.0 Å². The third-order valence-electron chi connectivity index (χ3n) is 6.14. The number of benzene rings is 2. The second kappa shape index (κ2) is 11.0. The summed E-state index contributed by atoms with van der Waals surface area (Å²) in [5.74, 6) is 0. The van der Waals surface area contributed by atoms with Gasteiger partial charge < -0.3 is 14.0 Å². The van der Waals surface area contributed by atoms with Gasteiger partial charge in [0.05, 0.1) is 42.3 Å². The molecule has 1 aliphatic rings. The Kier molecular flexibility index (Phi) is 8.52. The lowest BCUT2D eigenvalue weighted by Crippen LogP contribution is -2.37. The number of fused-ring (bicyclic) bond motifs is 2. The molecule has 0 radical (unpaired) electrons. The molecule has 0 amide bonds. The number of rotatable bonds is 9. The van der Waals surface area contributed by atoms with Crippen molar-refractivity contribution in [2.45, 2.75) is 48.6 Å². The van der Waals surface area contributed by atoms with Crippen molar-refractivity contribution in [2.75, 3.05) is 11.4 Å². The highest BCUT2D eigenvalue weighted by molar-refractivity contribution is 8.04. The Bertz CT molecular complexity index is 1590. The fraction of sp³-hybridized carbons (Fsp3) is 0.348. The first-order chi connectivity index (χ1) is 17.2. The number of anilines is 1. The van der Waals surface area contributed by atoms with Crippen molar-refractivity contribution in [3.8, 4) is 0 Å². The summed E-state index contributed by atoms with van der Waals surface area (Å²) in [7, 11) is -8.86. The SMILES string of the molecule is CC(CCN1/C(=C/c2sc3ccc(Cl)cc3[n+]2CCC(C)S(=O)(=O)[O-])Sc2ccc(Cl)cc21)S(=O)(=O)[O-]. The Morgan fingerprint density at radius 1 is 0.973 bits per heavy atom. The quantitative estimate of drug-likeness (QED) is 0.240. The Hall–Kier alpha value is -1.38. The molecule has 14 heteroatoms. The minimum atomic E-state index is -4.43. The van der Waals surface area contributed by atoms with Crippen LogP contribution in [0.3, 0.4) is 0 Å². The summed E-state index contributed by atoms with van der Waals surface area (Å²) in [4.78, 5) is 2.86. The topological polar surface area (TPSA) is 122 Å². The fourth-order valence-electron chi connectivity index (χ4n) is 3.84. The molecule has 2 aromatic carbocycles. The zero-order valence-electron chi connectivity index (χ0n) is 19.8. The van der Waals surface area contributed by atoms with Gasteiger partial charge in [-0.15, -0.1) is 0 Å². The summed E-state index contributed by atoms with van der Waals surface area (Å²) in [5, 5.41) is 0.513. The molecular weight excluding hydrogens is 599 g/mol. The smallest absolute Gasteiger partial charge is 0.265 e. The van der Waals surface area contributed by atoms with E-state index in [1.807, 2.05) is 27.7 Å². The van der Waals surface area contributed by atoms with E-state index in [9.17, 15) is 25.9 Å². The summed E-state index contributed by atoms with van der Waals surface area (Å²) < 4.78 is 71.8. The summed E-state index contributed by atoms with van der Waals surface area (Å²) in [6.07, 6.45) is 2.18. The van der Waals surface area contributed by atoms with E-state index in [1.54, 1.807) is 24.3 Å². The van der Waals surface area contributed by atoms with Gasteiger partial charge in [-0.25, -0.2) is 16.8 Å². The van der Waals surface area contributed by atoms with Crippen LogP contribution in [0.15, 0.2) is 46.3 Å². The molecular formula is C23H23Cl2N2O6S4-. The minimum absolute atomic E-state index is 0.122. The monoisotopic (exact) mass is 621 g/mol. The molecule has 2 heterocycles. The lowest BCUT2D eigenvalue weighted by atomic mass is 10.2. The first-order valence-electron chi connectivity index (χ1n) is 11.2. The molecule has 0 saturated heterocycles. The molecule has 0 fully saturated rings. The Labute approximate surface area is 234 Å². The molecule has 0 N–H and O–H groups in total. The maximum Gasteiger partial charge on any atom is 0.265 e. The summed E-state index contributed by atoms with van der Waals surface area (Å²) in [6.45, 7) is 3.33. The number of nitrogens with zero attached hydrogens (tertiary/aromatic N) is 2. The van der Waals surface area contributed by atoms with Crippen LogP contribution in [0.5, 0.6) is 0 Å². The molecule has 37 heavy (non-hydrogen) atoms.